The van der Waals surface area contributed by atoms with E-state index >= 15 is 0 Å². The topological polar surface area (TPSA) is 75.6 Å². The van der Waals surface area contributed by atoms with Gasteiger partial charge in [0, 0.05) is 12.6 Å². The first-order valence-electron chi connectivity index (χ1n) is 4.37. The minimum absolute atomic E-state index is 0.326. The van der Waals surface area contributed by atoms with Gasteiger partial charge in [-0.2, -0.15) is 0 Å². The Bertz CT molecular complexity index is 225. The van der Waals surface area contributed by atoms with Crippen molar-refractivity contribution in [2.24, 2.45) is 0 Å². The van der Waals surface area contributed by atoms with Crippen molar-refractivity contribution in [2.45, 2.75) is 19.9 Å². The van der Waals surface area contributed by atoms with Gasteiger partial charge in [-0.05, 0) is 13.8 Å². The lowest BCUT2D eigenvalue weighted by molar-refractivity contribution is -0.145. The lowest BCUT2D eigenvalue weighted by Crippen LogP contribution is -2.35. The van der Waals surface area contributed by atoms with Crippen molar-refractivity contribution in [1.29, 1.82) is 0 Å². The molecule has 2 N–H and O–H groups in total. The minimum Gasteiger partial charge on any atom is -0.478 e. The van der Waals surface area contributed by atoms with Gasteiger partial charge in [0.2, 0.25) is 0 Å². The van der Waals surface area contributed by atoms with E-state index < -0.39 is 12.0 Å². The second kappa shape index (κ2) is 7.08. The number of carbonyl (C=O) groups excluding carboxylic acids is 1. The molecule has 0 aromatic heterocycles. The Balaban J connectivity index is 3.68. The molecule has 0 fully saturated rings. The lowest BCUT2D eigenvalue weighted by Gasteiger charge is -2.10. The minimum atomic E-state index is -1.00. The van der Waals surface area contributed by atoms with Gasteiger partial charge >= 0.3 is 11.9 Å². The number of carbonyl (C=O) groups is 2. The van der Waals surface area contributed by atoms with Crippen LogP contribution in [0.3, 0.4) is 0 Å². The first kappa shape index (κ1) is 12.6. The standard InChI is InChI=1S/C9H15NO4/c1-3-14-9(13)7(2)10-6-4-5-8(11)12/h4-5,7,10H,3,6H2,1-2H3,(H,11,12)/t7-/m1/s1. The van der Waals surface area contributed by atoms with E-state index in [0.717, 1.165) is 6.08 Å². The summed E-state index contributed by atoms with van der Waals surface area (Å²) in [5.41, 5.74) is 0. The van der Waals surface area contributed by atoms with Gasteiger partial charge < -0.3 is 15.2 Å². The average Bonchev–Trinajstić information content (AvgIpc) is 2.12. The van der Waals surface area contributed by atoms with Crippen LogP contribution in [-0.2, 0) is 14.3 Å². The molecule has 0 saturated carbocycles. The van der Waals surface area contributed by atoms with Gasteiger partial charge in [-0.15, -0.1) is 0 Å². The highest BCUT2D eigenvalue weighted by Crippen LogP contribution is 1.87. The molecule has 0 aliphatic heterocycles. The number of hydrogen-bond acceptors (Lipinski definition) is 4. The van der Waals surface area contributed by atoms with Crippen LogP contribution < -0.4 is 5.32 Å². The Morgan fingerprint density at radius 2 is 2.21 bits per heavy atom. The quantitative estimate of drug-likeness (QED) is 0.473. The molecule has 0 aliphatic rings. The van der Waals surface area contributed by atoms with Crippen molar-refractivity contribution in [3.05, 3.63) is 12.2 Å². The molecule has 0 saturated heterocycles. The summed E-state index contributed by atoms with van der Waals surface area (Å²) in [6, 6.07) is -0.423. The number of aliphatic carboxylic acids is 1. The summed E-state index contributed by atoms with van der Waals surface area (Å²) in [6.07, 6.45) is 2.45. The molecule has 0 aromatic carbocycles. The lowest BCUT2D eigenvalue weighted by atomic mass is 10.3. The van der Waals surface area contributed by atoms with E-state index in [9.17, 15) is 9.59 Å². The van der Waals surface area contributed by atoms with Gasteiger partial charge in [0.25, 0.3) is 0 Å². The largest absolute Gasteiger partial charge is 0.478 e. The molecule has 0 aromatic rings. The number of ether oxygens (including phenoxy) is 1. The van der Waals surface area contributed by atoms with Crippen LogP contribution in [0.4, 0.5) is 0 Å². The van der Waals surface area contributed by atoms with Crippen molar-refractivity contribution >= 4 is 11.9 Å². The summed E-state index contributed by atoms with van der Waals surface area (Å²) in [7, 11) is 0. The molecule has 0 bridgehead atoms. The zero-order valence-corrected chi connectivity index (χ0v) is 8.32. The van der Waals surface area contributed by atoms with Crippen molar-refractivity contribution in [3.8, 4) is 0 Å². The van der Waals surface area contributed by atoms with Gasteiger partial charge in [-0.25, -0.2) is 4.79 Å². The first-order chi connectivity index (χ1) is 6.57. The fourth-order valence-corrected chi connectivity index (χ4v) is 0.755. The Hall–Kier alpha value is -1.36. The molecule has 0 spiro atoms. The van der Waals surface area contributed by atoms with Crippen LogP contribution in [0, 0.1) is 0 Å². The van der Waals surface area contributed by atoms with Crippen molar-refractivity contribution < 1.29 is 19.4 Å². The van der Waals surface area contributed by atoms with Crippen LogP contribution in [0.1, 0.15) is 13.8 Å². The third-order valence-electron chi connectivity index (χ3n) is 1.44. The number of carboxylic acids is 1. The number of rotatable bonds is 6. The molecule has 0 aliphatic carbocycles. The van der Waals surface area contributed by atoms with E-state index in [-0.39, 0.29) is 5.97 Å². The molecule has 14 heavy (non-hydrogen) atoms. The Morgan fingerprint density at radius 3 is 2.71 bits per heavy atom. The normalized spacial score (nSPS) is 12.7. The molecule has 0 rings (SSSR count). The molecule has 1 atom stereocenters. The van der Waals surface area contributed by atoms with Gasteiger partial charge in [-0.3, -0.25) is 4.79 Å². The molecular formula is C9H15NO4. The maximum absolute atomic E-state index is 11.0. The van der Waals surface area contributed by atoms with Crippen LogP contribution in [0.15, 0.2) is 12.2 Å². The van der Waals surface area contributed by atoms with E-state index in [1.807, 2.05) is 0 Å². The maximum atomic E-state index is 11.0. The van der Waals surface area contributed by atoms with Crippen molar-refractivity contribution in [2.75, 3.05) is 13.2 Å². The van der Waals surface area contributed by atoms with E-state index in [4.69, 9.17) is 9.84 Å². The zero-order chi connectivity index (χ0) is 11.0. The first-order valence-corrected chi connectivity index (χ1v) is 4.37. The fraction of sp³-hybridized carbons (Fsp3) is 0.556. The number of carboxylic acid groups (broad SMARTS) is 1. The van der Waals surface area contributed by atoms with Crippen LogP contribution in [0.2, 0.25) is 0 Å². The predicted octanol–water partition coefficient (Wildman–Crippen LogP) is 0.168. The second-order valence-corrected chi connectivity index (χ2v) is 2.62. The Kier molecular flexibility index (Phi) is 6.39. The zero-order valence-electron chi connectivity index (χ0n) is 8.32. The Morgan fingerprint density at radius 1 is 1.57 bits per heavy atom. The van der Waals surface area contributed by atoms with E-state index in [2.05, 4.69) is 5.32 Å². The van der Waals surface area contributed by atoms with Crippen LogP contribution in [0.5, 0.6) is 0 Å². The monoisotopic (exact) mass is 201 g/mol. The molecule has 5 nitrogen and oxygen atoms in total. The van der Waals surface area contributed by atoms with Crippen LogP contribution in [-0.4, -0.2) is 36.2 Å². The molecular weight excluding hydrogens is 186 g/mol. The summed E-state index contributed by atoms with van der Waals surface area (Å²) in [5.74, 6) is -1.34. The summed E-state index contributed by atoms with van der Waals surface area (Å²) < 4.78 is 4.74. The van der Waals surface area contributed by atoms with Gasteiger partial charge in [0.05, 0.1) is 6.61 Å². The van der Waals surface area contributed by atoms with E-state index in [0.29, 0.717) is 13.2 Å². The number of esters is 1. The summed E-state index contributed by atoms with van der Waals surface area (Å²) in [6.45, 7) is 4.06. The van der Waals surface area contributed by atoms with Crippen LogP contribution >= 0.6 is 0 Å². The number of hydrogen-bond donors (Lipinski definition) is 2. The van der Waals surface area contributed by atoms with Crippen molar-refractivity contribution in [1.82, 2.24) is 5.32 Å². The summed E-state index contributed by atoms with van der Waals surface area (Å²) >= 11 is 0. The van der Waals surface area contributed by atoms with Gasteiger partial charge in [0.15, 0.2) is 0 Å². The predicted molar refractivity (Wildman–Crippen MR) is 50.9 cm³/mol. The fourth-order valence-electron chi connectivity index (χ4n) is 0.755. The molecule has 0 radical (unpaired) electrons. The highest BCUT2D eigenvalue weighted by Gasteiger charge is 2.11. The summed E-state index contributed by atoms with van der Waals surface area (Å²) in [5, 5.41) is 11.1. The third kappa shape index (κ3) is 6.19. The SMILES string of the molecule is CCOC(=O)[C@@H](C)NCC=CC(=O)O. The van der Waals surface area contributed by atoms with E-state index in [1.54, 1.807) is 13.8 Å². The van der Waals surface area contributed by atoms with E-state index in [1.165, 1.54) is 6.08 Å². The van der Waals surface area contributed by atoms with Gasteiger partial charge in [-0.1, -0.05) is 6.08 Å². The van der Waals surface area contributed by atoms with Crippen molar-refractivity contribution in [3.63, 3.8) is 0 Å². The molecule has 0 heterocycles. The number of nitrogens with one attached hydrogen (secondary N) is 1. The smallest absolute Gasteiger partial charge is 0.328 e. The molecule has 0 unspecified atom stereocenters. The van der Waals surface area contributed by atoms with Crippen LogP contribution in [0.25, 0.3) is 0 Å². The molecule has 0 amide bonds. The molecule has 80 valence electrons. The highest BCUT2D eigenvalue weighted by atomic mass is 16.5. The Labute approximate surface area is 82.7 Å². The second-order valence-electron chi connectivity index (χ2n) is 2.62. The highest BCUT2D eigenvalue weighted by molar-refractivity contribution is 5.79. The third-order valence-corrected chi connectivity index (χ3v) is 1.44. The molecule has 5 heteroatoms. The summed E-state index contributed by atoms with van der Waals surface area (Å²) in [4.78, 5) is 21.1. The average molecular weight is 201 g/mol. The maximum Gasteiger partial charge on any atom is 0.328 e. The van der Waals surface area contributed by atoms with Gasteiger partial charge in [0.1, 0.15) is 6.04 Å².